The molecule has 0 fully saturated rings. The maximum atomic E-state index is 11.0. The molecule has 1 aromatic heterocycles. The van der Waals surface area contributed by atoms with Crippen LogP contribution in [0.2, 0.25) is 0 Å². The van der Waals surface area contributed by atoms with Gasteiger partial charge in [0.2, 0.25) is 5.89 Å². The van der Waals surface area contributed by atoms with Gasteiger partial charge in [-0.1, -0.05) is 0 Å². The SMILES string of the molecule is COC(=O)c1nnc(C(C)(C)OC)o1. The van der Waals surface area contributed by atoms with Crippen molar-refractivity contribution in [2.24, 2.45) is 0 Å². The van der Waals surface area contributed by atoms with Gasteiger partial charge in [0, 0.05) is 7.11 Å². The highest BCUT2D eigenvalue weighted by Crippen LogP contribution is 2.21. The summed E-state index contributed by atoms with van der Waals surface area (Å²) < 4.78 is 14.6. The molecule has 0 unspecified atom stereocenters. The first-order chi connectivity index (χ1) is 6.51. The van der Waals surface area contributed by atoms with Crippen molar-refractivity contribution in [1.82, 2.24) is 10.2 Å². The molecule has 1 aromatic rings. The van der Waals surface area contributed by atoms with Gasteiger partial charge >= 0.3 is 11.9 Å². The number of carbonyl (C=O) groups excluding carboxylic acids is 1. The average molecular weight is 200 g/mol. The van der Waals surface area contributed by atoms with Crippen LogP contribution in [0.3, 0.4) is 0 Å². The number of rotatable bonds is 3. The van der Waals surface area contributed by atoms with Crippen LogP contribution in [0.15, 0.2) is 4.42 Å². The Balaban J connectivity index is 2.93. The monoisotopic (exact) mass is 200 g/mol. The van der Waals surface area contributed by atoms with Crippen LogP contribution in [0.4, 0.5) is 0 Å². The van der Waals surface area contributed by atoms with Crippen LogP contribution in [0.1, 0.15) is 30.4 Å². The molecule has 0 aliphatic heterocycles. The summed E-state index contributed by atoms with van der Waals surface area (Å²) in [7, 11) is 2.76. The Bertz CT molecular complexity index is 332. The normalized spacial score (nSPS) is 11.4. The second kappa shape index (κ2) is 3.75. The zero-order valence-corrected chi connectivity index (χ0v) is 8.53. The zero-order valence-electron chi connectivity index (χ0n) is 8.53. The van der Waals surface area contributed by atoms with E-state index in [1.54, 1.807) is 13.8 Å². The van der Waals surface area contributed by atoms with Gasteiger partial charge in [-0.2, -0.15) is 0 Å². The molecule has 0 saturated carbocycles. The lowest BCUT2D eigenvalue weighted by Gasteiger charge is -2.16. The molecule has 6 nitrogen and oxygen atoms in total. The lowest BCUT2D eigenvalue weighted by Crippen LogP contribution is -2.19. The molecular formula is C8H12N2O4. The predicted molar refractivity (Wildman–Crippen MR) is 45.7 cm³/mol. The minimum atomic E-state index is -0.709. The minimum Gasteiger partial charge on any atom is -0.462 e. The molecule has 0 N–H and O–H groups in total. The van der Waals surface area contributed by atoms with Gasteiger partial charge in [0.1, 0.15) is 5.60 Å². The number of ether oxygens (including phenoxy) is 2. The molecule has 0 bridgehead atoms. The Labute approximate surface area is 81.2 Å². The summed E-state index contributed by atoms with van der Waals surface area (Å²) >= 11 is 0. The fourth-order valence-electron chi connectivity index (χ4n) is 0.724. The van der Waals surface area contributed by atoms with E-state index in [0.717, 1.165) is 0 Å². The van der Waals surface area contributed by atoms with E-state index in [9.17, 15) is 4.79 Å². The molecule has 14 heavy (non-hydrogen) atoms. The van der Waals surface area contributed by atoms with Crippen molar-refractivity contribution < 1.29 is 18.7 Å². The van der Waals surface area contributed by atoms with Crippen molar-refractivity contribution in [1.29, 1.82) is 0 Å². The molecule has 0 saturated heterocycles. The van der Waals surface area contributed by atoms with Gasteiger partial charge in [-0.05, 0) is 13.8 Å². The van der Waals surface area contributed by atoms with Gasteiger partial charge in [0.25, 0.3) is 0 Å². The number of esters is 1. The molecule has 6 heteroatoms. The average Bonchev–Trinajstić information content (AvgIpc) is 2.66. The topological polar surface area (TPSA) is 74.5 Å². The van der Waals surface area contributed by atoms with Crippen molar-refractivity contribution in [2.75, 3.05) is 14.2 Å². The summed E-state index contributed by atoms with van der Waals surface area (Å²) in [6.45, 7) is 3.50. The van der Waals surface area contributed by atoms with E-state index < -0.39 is 11.6 Å². The third-order valence-corrected chi connectivity index (χ3v) is 1.81. The van der Waals surface area contributed by atoms with Crippen LogP contribution >= 0.6 is 0 Å². The van der Waals surface area contributed by atoms with E-state index in [4.69, 9.17) is 9.15 Å². The second-order valence-electron chi connectivity index (χ2n) is 3.12. The van der Waals surface area contributed by atoms with Crippen molar-refractivity contribution in [3.63, 3.8) is 0 Å². The molecule has 1 heterocycles. The van der Waals surface area contributed by atoms with E-state index in [1.165, 1.54) is 14.2 Å². The molecule has 0 amide bonds. The highest BCUT2D eigenvalue weighted by Gasteiger charge is 2.28. The highest BCUT2D eigenvalue weighted by molar-refractivity contribution is 5.83. The Hall–Kier alpha value is -1.43. The first kappa shape index (κ1) is 10.6. The third kappa shape index (κ3) is 1.90. The van der Waals surface area contributed by atoms with E-state index >= 15 is 0 Å². The first-order valence-electron chi connectivity index (χ1n) is 3.98. The predicted octanol–water partition coefficient (Wildman–Crippen LogP) is 0.738. The second-order valence-corrected chi connectivity index (χ2v) is 3.12. The number of methoxy groups -OCH3 is 2. The maximum Gasteiger partial charge on any atom is 0.396 e. The van der Waals surface area contributed by atoms with Gasteiger partial charge in [0.05, 0.1) is 7.11 Å². The summed E-state index contributed by atoms with van der Waals surface area (Å²) in [5, 5.41) is 7.22. The lowest BCUT2D eigenvalue weighted by molar-refractivity contribution is -0.00498. The molecular weight excluding hydrogens is 188 g/mol. The van der Waals surface area contributed by atoms with Gasteiger partial charge in [-0.25, -0.2) is 4.79 Å². The first-order valence-corrected chi connectivity index (χ1v) is 3.98. The molecule has 0 aliphatic rings. The molecule has 0 atom stereocenters. The number of hydrogen-bond donors (Lipinski definition) is 0. The number of hydrogen-bond acceptors (Lipinski definition) is 6. The van der Waals surface area contributed by atoms with E-state index in [1.807, 2.05) is 0 Å². The summed E-state index contributed by atoms with van der Waals surface area (Å²) in [5.74, 6) is -0.594. The van der Waals surface area contributed by atoms with Crippen LogP contribution in [-0.2, 0) is 15.1 Å². The van der Waals surface area contributed by atoms with Crippen molar-refractivity contribution in [3.05, 3.63) is 11.8 Å². The van der Waals surface area contributed by atoms with Crippen molar-refractivity contribution in [2.45, 2.75) is 19.4 Å². The number of aromatic nitrogens is 2. The number of carbonyl (C=O) groups is 1. The van der Waals surface area contributed by atoms with Crippen LogP contribution < -0.4 is 0 Å². The van der Waals surface area contributed by atoms with Crippen LogP contribution in [-0.4, -0.2) is 30.4 Å². The fraction of sp³-hybridized carbons (Fsp3) is 0.625. The standard InChI is InChI=1S/C8H12N2O4/c1-8(2,13-4)7-10-9-5(14-7)6(11)12-3/h1-4H3. The van der Waals surface area contributed by atoms with Crippen LogP contribution in [0.5, 0.6) is 0 Å². The Morgan fingerprint density at radius 2 is 2.00 bits per heavy atom. The van der Waals surface area contributed by atoms with Gasteiger partial charge in [-0.3, -0.25) is 0 Å². The summed E-state index contributed by atoms with van der Waals surface area (Å²) in [4.78, 5) is 11.0. The molecule has 0 aromatic carbocycles. The largest absolute Gasteiger partial charge is 0.462 e. The molecule has 1 rings (SSSR count). The van der Waals surface area contributed by atoms with Crippen molar-refractivity contribution >= 4 is 5.97 Å². The van der Waals surface area contributed by atoms with Gasteiger partial charge < -0.3 is 13.9 Å². The Morgan fingerprint density at radius 1 is 1.36 bits per heavy atom. The zero-order chi connectivity index (χ0) is 10.8. The molecule has 0 aliphatic carbocycles. The van der Waals surface area contributed by atoms with Crippen LogP contribution in [0, 0.1) is 0 Å². The van der Waals surface area contributed by atoms with E-state index in [0.29, 0.717) is 0 Å². The smallest absolute Gasteiger partial charge is 0.396 e. The van der Waals surface area contributed by atoms with E-state index in [-0.39, 0.29) is 11.8 Å². The van der Waals surface area contributed by atoms with Crippen molar-refractivity contribution in [3.8, 4) is 0 Å². The van der Waals surface area contributed by atoms with E-state index in [2.05, 4.69) is 14.9 Å². The minimum absolute atomic E-state index is 0.173. The van der Waals surface area contributed by atoms with Gasteiger partial charge in [0.15, 0.2) is 0 Å². The molecule has 0 spiro atoms. The van der Waals surface area contributed by atoms with Gasteiger partial charge in [-0.15, -0.1) is 10.2 Å². The highest BCUT2D eigenvalue weighted by atomic mass is 16.5. The van der Waals surface area contributed by atoms with Crippen LogP contribution in [0.25, 0.3) is 0 Å². The third-order valence-electron chi connectivity index (χ3n) is 1.81. The summed E-state index contributed by atoms with van der Waals surface area (Å²) in [5.41, 5.74) is -0.709. The maximum absolute atomic E-state index is 11.0. The Morgan fingerprint density at radius 3 is 2.50 bits per heavy atom. The quantitative estimate of drug-likeness (QED) is 0.670. The summed E-state index contributed by atoms with van der Waals surface area (Å²) in [6.07, 6.45) is 0. The molecule has 78 valence electrons. The molecule has 0 radical (unpaired) electrons. The fourth-order valence-corrected chi connectivity index (χ4v) is 0.724. The Kier molecular flexibility index (Phi) is 2.85. The lowest BCUT2D eigenvalue weighted by atomic mass is 10.1. The number of nitrogens with zero attached hydrogens (tertiary/aromatic N) is 2. The summed E-state index contributed by atoms with van der Waals surface area (Å²) in [6, 6.07) is 0.